The summed E-state index contributed by atoms with van der Waals surface area (Å²) in [5.74, 6) is 0.0877. The van der Waals surface area contributed by atoms with Crippen molar-refractivity contribution in [3.63, 3.8) is 0 Å². The van der Waals surface area contributed by atoms with Crippen molar-refractivity contribution in [1.29, 1.82) is 0 Å². The first-order valence-electron chi connectivity index (χ1n) is 4.93. The standard InChI is InChI=1S/C13H9Cl3O/c1-7-4-10(13(17)6-12(7)16)9-5-8(14)2-3-11(9)15/h2-6,17H,1H3. The molecule has 0 aliphatic rings. The molecule has 88 valence electrons. The minimum atomic E-state index is 0.0877. The highest BCUT2D eigenvalue weighted by molar-refractivity contribution is 6.35. The van der Waals surface area contributed by atoms with Gasteiger partial charge in [-0.1, -0.05) is 34.8 Å². The summed E-state index contributed by atoms with van der Waals surface area (Å²) in [6, 6.07) is 8.40. The Hall–Kier alpha value is -0.890. The quantitative estimate of drug-likeness (QED) is 0.752. The summed E-state index contributed by atoms with van der Waals surface area (Å²) in [6.07, 6.45) is 0. The van der Waals surface area contributed by atoms with Gasteiger partial charge in [-0.3, -0.25) is 0 Å². The Labute approximate surface area is 115 Å². The SMILES string of the molecule is Cc1cc(-c2cc(Cl)ccc2Cl)c(O)cc1Cl. The van der Waals surface area contributed by atoms with Gasteiger partial charge in [-0.05, 0) is 42.8 Å². The lowest BCUT2D eigenvalue weighted by atomic mass is 10.0. The second-order valence-corrected chi connectivity index (χ2v) is 4.99. The van der Waals surface area contributed by atoms with E-state index in [0.29, 0.717) is 26.2 Å². The summed E-state index contributed by atoms with van der Waals surface area (Å²) >= 11 is 17.9. The van der Waals surface area contributed by atoms with Crippen LogP contribution in [-0.4, -0.2) is 5.11 Å². The molecule has 0 aliphatic carbocycles. The molecule has 0 fully saturated rings. The third kappa shape index (κ3) is 2.52. The maximum Gasteiger partial charge on any atom is 0.124 e. The van der Waals surface area contributed by atoms with Gasteiger partial charge in [-0.15, -0.1) is 0 Å². The first kappa shape index (κ1) is 12.6. The van der Waals surface area contributed by atoms with Crippen LogP contribution in [0.5, 0.6) is 5.75 Å². The molecule has 2 aromatic rings. The summed E-state index contributed by atoms with van der Waals surface area (Å²) < 4.78 is 0. The van der Waals surface area contributed by atoms with Crippen LogP contribution in [0.1, 0.15) is 5.56 Å². The van der Waals surface area contributed by atoms with Gasteiger partial charge in [0.25, 0.3) is 0 Å². The largest absolute Gasteiger partial charge is 0.507 e. The number of rotatable bonds is 1. The predicted octanol–water partition coefficient (Wildman–Crippen LogP) is 5.33. The molecule has 17 heavy (non-hydrogen) atoms. The summed E-state index contributed by atoms with van der Waals surface area (Å²) in [6.45, 7) is 1.86. The van der Waals surface area contributed by atoms with Crippen LogP contribution in [0.25, 0.3) is 11.1 Å². The smallest absolute Gasteiger partial charge is 0.124 e. The number of phenolic OH excluding ortho intramolecular Hbond substituents is 1. The Balaban J connectivity index is 2.68. The lowest BCUT2D eigenvalue weighted by Gasteiger charge is -2.09. The number of aryl methyl sites for hydroxylation is 1. The third-order valence-corrected chi connectivity index (χ3v) is 3.47. The maximum absolute atomic E-state index is 9.90. The number of phenols is 1. The molecule has 0 amide bonds. The van der Waals surface area contributed by atoms with Gasteiger partial charge in [-0.2, -0.15) is 0 Å². The van der Waals surface area contributed by atoms with Gasteiger partial charge in [0.2, 0.25) is 0 Å². The zero-order valence-corrected chi connectivity index (χ0v) is 11.2. The predicted molar refractivity (Wildman–Crippen MR) is 73.3 cm³/mol. The molecule has 0 atom stereocenters. The molecule has 0 heterocycles. The van der Waals surface area contributed by atoms with E-state index < -0.39 is 0 Å². The lowest BCUT2D eigenvalue weighted by Crippen LogP contribution is -1.84. The molecule has 0 aliphatic heterocycles. The second kappa shape index (κ2) is 4.77. The lowest BCUT2D eigenvalue weighted by molar-refractivity contribution is 0.477. The normalized spacial score (nSPS) is 10.6. The molecular weight excluding hydrogens is 279 g/mol. The average molecular weight is 288 g/mol. The van der Waals surface area contributed by atoms with Gasteiger partial charge in [0, 0.05) is 26.2 Å². The Kier molecular flexibility index (Phi) is 3.53. The van der Waals surface area contributed by atoms with Crippen molar-refractivity contribution in [3.05, 3.63) is 51.0 Å². The molecule has 0 bridgehead atoms. The fraction of sp³-hybridized carbons (Fsp3) is 0.0769. The fourth-order valence-electron chi connectivity index (χ4n) is 1.59. The van der Waals surface area contributed by atoms with Gasteiger partial charge in [-0.25, -0.2) is 0 Å². The molecule has 0 spiro atoms. The van der Waals surface area contributed by atoms with Crippen molar-refractivity contribution >= 4 is 34.8 Å². The molecule has 1 nitrogen and oxygen atoms in total. The summed E-state index contributed by atoms with van der Waals surface area (Å²) in [7, 11) is 0. The molecule has 2 rings (SSSR count). The molecule has 0 saturated carbocycles. The Bertz CT molecular complexity index is 579. The van der Waals surface area contributed by atoms with Crippen LogP contribution in [0.3, 0.4) is 0 Å². The van der Waals surface area contributed by atoms with Crippen molar-refractivity contribution in [2.24, 2.45) is 0 Å². The monoisotopic (exact) mass is 286 g/mol. The molecule has 4 heteroatoms. The van der Waals surface area contributed by atoms with Gasteiger partial charge < -0.3 is 5.11 Å². The number of hydrogen-bond donors (Lipinski definition) is 1. The van der Waals surface area contributed by atoms with Crippen LogP contribution >= 0.6 is 34.8 Å². The van der Waals surface area contributed by atoms with E-state index in [0.717, 1.165) is 5.56 Å². The van der Waals surface area contributed by atoms with Gasteiger partial charge in [0.15, 0.2) is 0 Å². The van der Waals surface area contributed by atoms with E-state index in [-0.39, 0.29) is 5.75 Å². The zero-order valence-electron chi connectivity index (χ0n) is 8.97. The van der Waals surface area contributed by atoms with Crippen LogP contribution in [0, 0.1) is 6.92 Å². The number of aromatic hydroxyl groups is 1. The van der Waals surface area contributed by atoms with Crippen molar-refractivity contribution < 1.29 is 5.11 Å². The third-order valence-electron chi connectivity index (χ3n) is 2.50. The van der Waals surface area contributed by atoms with Crippen molar-refractivity contribution in [3.8, 4) is 16.9 Å². The van der Waals surface area contributed by atoms with Crippen LogP contribution in [0.15, 0.2) is 30.3 Å². The minimum absolute atomic E-state index is 0.0877. The van der Waals surface area contributed by atoms with Crippen molar-refractivity contribution in [2.45, 2.75) is 6.92 Å². The van der Waals surface area contributed by atoms with E-state index in [4.69, 9.17) is 34.8 Å². The van der Waals surface area contributed by atoms with Crippen LogP contribution in [0.2, 0.25) is 15.1 Å². The topological polar surface area (TPSA) is 20.2 Å². The van der Waals surface area contributed by atoms with Crippen LogP contribution in [0.4, 0.5) is 0 Å². The molecular formula is C13H9Cl3O. The molecule has 0 saturated heterocycles. The van der Waals surface area contributed by atoms with E-state index in [9.17, 15) is 5.11 Å². The van der Waals surface area contributed by atoms with Crippen molar-refractivity contribution in [2.75, 3.05) is 0 Å². The fourth-order valence-corrected chi connectivity index (χ4v) is 2.14. The highest BCUT2D eigenvalue weighted by atomic mass is 35.5. The van der Waals surface area contributed by atoms with E-state index >= 15 is 0 Å². The second-order valence-electron chi connectivity index (χ2n) is 3.74. The van der Waals surface area contributed by atoms with Gasteiger partial charge in [0.1, 0.15) is 5.75 Å². The van der Waals surface area contributed by atoms with Gasteiger partial charge >= 0.3 is 0 Å². The molecule has 1 N–H and O–H groups in total. The Morgan fingerprint density at radius 1 is 0.882 bits per heavy atom. The number of halogens is 3. The maximum atomic E-state index is 9.90. The zero-order chi connectivity index (χ0) is 12.6. The van der Waals surface area contributed by atoms with Crippen LogP contribution in [-0.2, 0) is 0 Å². The minimum Gasteiger partial charge on any atom is -0.507 e. The summed E-state index contributed by atoms with van der Waals surface area (Å²) in [5, 5.41) is 11.5. The molecule has 0 radical (unpaired) electrons. The number of benzene rings is 2. The molecule has 0 unspecified atom stereocenters. The first-order valence-corrected chi connectivity index (χ1v) is 6.07. The van der Waals surface area contributed by atoms with Crippen molar-refractivity contribution in [1.82, 2.24) is 0 Å². The molecule has 2 aromatic carbocycles. The summed E-state index contributed by atoms with van der Waals surface area (Å²) in [5.41, 5.74) is 2.19. The van der Waals surface area contributed by atoms with Gasteiger partial charge in [0.05, 0.1) is 0 Å². The van der Waals surface area contributed by atoms with E-state index in [2.05, 4.69) is 0 Å². The van der Waals surface area contributed by atoms with E-state index in [1.54, 1.807) is 24.3 Å². The van der Waals surface area contributed by atoms with Crippen LogP contribution < -0.4 is 0 Å². The highest BCUT2D eigenvalue weighted by Gasteiger charge is 2.11. The molecule has 0 aromatic heterocycles. The Morgan fingerprint density at radius 2 is 1.59 bits per heavy atom. The highest BCUT2D eigenvalue weighted by Crippen LogP contribution is 2.38. The number of hydrogen-bond acceptors (Lipinski definition) is 1. The van der Waals surface area contributed by atoms with E-state index in [1.165, 1.54) is 6.07 Å². The first-order chi connectivity index (χ1) is 7.99. The Morgan fingerprint density at radius 3 is 2.29 bits per heavy atom. The van der Waals surface area contributed by atoms with E-state index in [1.807, 2.05) is 6.92 Å². The average Bonchev–Trinajstić information content (AvgIpc) is 2.27. The summed E-state index contributed by atoms with van der Waals surface area (Å²) in [4.78, 5) is 0.